The summed E-state index contributed by atoms with van der Waals surface area (Å²) in [6, 6.07) is 0. The molecule has 0 amide bonds. The van der Waals surface area contributed by atoms with E-state index < -0.39 is 18.4 Å². The highest BCUT2D eigenvalue weighted by Crippen LogP contribution is 2.19. The second kappa shape index (κ2) is 65.2. The topological polar surface area (TPSA) is 108 Å². The number of quaternary nitrogens is 1. The number of esters is 2. The summed E-state index contributed by atoms with van der Waals surface area (Å²) in [5, 5.41) is 9.75. The smallest absolute Gasteiger partial charge is 0.361 e. The Morgan fingerprint density at radius 3 is 1.02 bits per heavy atom. The molecule has 9 heteroatoms. The summed E-state index contributed by atoms with van der Waals surface area (Å²) in [4.78, 5) is 37.6. The first kappa shape index (κ1) is 80.2. The van der Waals surface area contributed by atoms with E-state index in [-0.39, 0.29) is 38.2 Å². The van der Waals surface area contributed by atoms with Gasteiger partial charge in [-0.2, -0.15) is 0 Å². The Balaban J connectivity index is 4.06. The molecule has 0 heterocycles. The highest BCUT2D eigenvalue weighted by Gasteiger charge is 2.25. The van der Waals surface area contributed by atoms with Crippen LogP contribution in [-0.2, 0) is 33.3 Å². The maximum Gasteiger partial charge on any atom is 0.361 e. The summed E-state index contributed by atoms with van der Waals surface area (Å²) in [5.74, 6) is -1.98. The van der Waals surface area contributed by atoms with Gasteiger partial charge in [0.1, 0.15) is 13.2 Å². The van der Waals surface area contributed by atoms with Crippen LogP contribution in [0.15, 0.2) is 48.6 Å². The van der Waals surface area contributed by atoms with Gasteiger partial charge in [-0.05, 0) is 51.4 Å². The molecular formula is C74H138NO8+. The van der Waals surface area contributed by atoms with Crippen LogP contribution >= 0.6 is 0 Å². The van der Waals surface area contributed by atoms with Gasteiger partial charge in [-0.1, -0.05) is 332 Å². The molecule has 0 spiro atoms. The van der Waals surface area contributed by atoms with Gasteiger partial charge in [0.25, 0.3) is 6.29 Å². The molecule has 1 N–H and O–H groups in total. The molecule has 0 aromatic heterocycles. The SMILES string of the molecule is CC/C=C\C/C=C\C/C=C\C/C=C\CCCCCCCCCCCCCCCCCCC(=O)OC(COC(=O)CCCCCCCCCCCCCCCCCCCCCCCCCCCCCCC)COC(OCC[N+](C)(C)C)C(=O)O. The van der Waals surface area contributed by atoms with Crippen molar-refractivity contribution in [1.29, 1.82) is 0 Å². The molecule has 2 unspecified atom stereocenters. The fraction of sp³-hybridized carbons (Fsp3) is 0.851. The number of carbonyl (C=O) groups excluding carboxylic acids is 2. The second-order valence-electron chi connectivity index (χ2n) is 25.5. The average molecular weight is 1170 g/mol. The van der Waals surface area contributed by atoms with Crippen molar-refractivity contribution in [2.24, 2.45) is 0 Å². The summed E-state index contributed by atoms with van der Waals surface area (Å²) in [6.07, 6.45) is 80.9. The van der Waals surface area contributed by atoms with Crippen molar-refractivity contribution in [2.45, 2.75) is 360 Å². The number of carboxylic acid groups (broad SMARTS) is 1. The van der Waals surface area contributed by atoms with Crippen LogP contribution in [0.5, 0.6) is 0 Å². The van der Waals surface area contributed by atoms with Crippen molar-refractivity contribution in [3.05, 3.63) is 48.6 Å². The molecule has 486 valence electrons. The van der Waals surface area contributed by atoms with Gasteiger partial charge >= 0.3 is 17.9 Å². The van der Waals surface area contributed by atoms with Crippen molar-refractivity contribution in [2.75, 3.05) is 47.5 Å². The molecule has 0 fully saturated rings. The summed E-state index contributed by atoms with van der Waals surface area (Å²) in [6.45, 7) is 4.83. The lowest BCUT2D eigenvalue weighted by molar-refractivity contribution is -0.870. The minimum atomic E-state index is -1.51. The van der Waals surface area contributed by atoms with E-state index in [0.717, 1.165) is 64.2 Å². The first-order valence-electron chi connectivity index (χ1n) is 35.8. The van der Waals surface area contributed by atoms with E-state index in [4.69, 9.17) is 18.9 Å². The van der Waals surface area contributed by atoms with Crippen LogP contribution < -0.4 is 0 Å². The van der Waals surface area contributed by atoms with Gasteiger partial charge in [0.15, 0.2) is 6.10 Å². The third kappa shape index (κ3) is 66.6. The van der Waals surface area contributed by atoms with Gasteiger partial charge in [-0.25, -0.2) is 4.79 Å². The summed E-state index contributed by atoms with van der Waals surface area (Å²) >= 11 is 0. The Morgan fingerprint density at radius 1 is 0.373 bits per heavy atom. The van der Waals surface area contributed by atoms with E-state index in [2.05, 4.69) is 62.5 Å². The third-order valence-electron chi connectivity index (χ3n) is 16.1. The lowest BCUT2D eigenvalue weighted by Crippen LogP contribution is -2.40. The van der Waals surface area contributed by atoms with Gasteiger partial charge < -0.3 is 28.5 Å². The molecule has 0 aliphatic carbocycles. The van der Waals surface area contributed by atoms with Crippen molar-refractivity contribution < 1.29 is 42.9 Å². The van der Waals surface area contributed by atoms with Crippen molar-refractivity contribution in [3.8, 4) is 0 Å². The maximum atomic E-state index is 12.9. The minimum Gasteiger partial charge on any atom is -0.477 e. The van der Waals surface area contributed by atoms with Crippen LogP contribution in [0.2, 0.25) is 0 Å². The van der Waals surface area contributed by atoms with Gasteiger partial charge in [-0.15, -0.1) is 0 Å². The number of ether oxygens (including phenoxy) is 4. The standard InChI is InChI=1S/C74H137NO8/c1-6-8-10-12-14-16-18-20-22-24-26-28-30-32-34-36-38-40-42-44-46-48-50-52-54-56-58-60-62-64-71(76)81-68-70(69-82-74(73(78)79)80-67-66-75(3,4)5)83-72(77)65-63-61-59-57-55-53-51-49-47-45-43-41-39-37-35-33-31-29-27-25-23-21-19-17-15-13-11-9-7-2/h9,11,15,17,21,23,27,29,70,74H,6-8,10,12-14,16,18-20,22,24-26,28,30-69H2,1-5H3/p+1/b11-9-,17-15-,23-21-,29-27-. The molecule has 0 radical (unpaired) electrons. The third-order valence-corrected chi connectivity index (χ3v) is 16.1. The zero-order valence-corrected chi connectivity index (χ0v) is 55.6. The molecule has 83 heavy (non-hydrogen) atoms. The second-order valence-corrected chi connectivity index (χ2v) is 25.5. The number of hydrogen-bond donors (Lipinski definition) is 1. The number of likely N-dealkylation sites (N-methyl/N-ethyl adjacent to an activating group) is 1. The molecule has 0 aliphatic rings. The van der Waals surface area contributed by atoms with Gasteiger partial charge in [0.2, 0.25) is 0 Å². The number of nitrogens with zero attached hydrogens (tertiary/aromatic N) is 1. The quantitative estimate of drug-likeness (QED) is 0.0211. The van der Waals surface area contributed by atoms with Gasteiger partial charge in [-0.3, -0.25) is 9.59 Å². The number of allylic oxidation sites excluding steroid dienone is 8. The highest BCUT2D eigenvalue weighted by atomic mass is 16.7. The molecule has 9 nitrogen and oxygen atoms in total. The summed E-state index contributed by atoms with van der Waals surface area (Å²) in [7, 11) is 5.99. The summed E-state index contributed by atoms with van der Waals surface area (Å²) in [5.41, 5.74) is 0. The number of carbonyl (C=O) groups is 3. The highest BCUT2D eigenvalue weighted by molar-refractivity contribution is 5.71. The number of unbranched alkanes of at least 4 members (excludes halogenated alkanes) is 44. The first-order chi connectivity index (χ1) is 40.6. The zero-order valence-electron chi connectivity index (χ0n) is 55.6. The lowest BCUT2D eigenvalue weighted by Gasteiger charge is -2.25. The fourth-order valence-electron chi connectivity index (χ4n) is 10.7. The molecule has 0 aromatic carbocycles. The number of carboxylic acids is 1. The predicted octanol–water partition coefficient (Wildman–Crippen LogP) is 22.1. The Kier molecular flexibility index (Phi) is 63.1. The predicted molar refractivity (Wildman–Crippen MR) is 355 cm³/mol. The fourth-order valence-corrected chi connectivity index (χ4v) is 10.7. The van der Waals surface area contributed by atoms with Crippen LogP contribution in [0.1, 0.15) is 348 Å². The molecular weight excluding hydrogens is 1030 g/mol. The van der Waals surface area contributed by atoms with Crippen molar-refractivity contribution in [3.63, 3.8) is 0 Å². The number of rotatable bonds is 67. The monoisotopic (exact) mass is 1170 g/mol. The van der Waals surface area contributed by atoms with E-state index in [1.165, 1.54) is 257 Å². The van der Waals surface area contributed by atoms with Crippen LogP contribution in [0, 0.1) is 0 Å². The summed E-state index contributed by atoms with van der Waals surface area (Å²) < 4.78 is 23.0. The Labute approximate surface area is 514 Å². The molecule has 0 bridgehead atoms. The van der Waals surface area contributed by atoms with Crippen molar-refractivity contribution in [1.82, 2.24) is 0 Å². The molecule has 0 aromatic rings. The lowest BCUT2D eigenvalue weighted by atomic mass is 10.0. The van der Waals surface area contributed by atoms with Crippen LogP contribution in [0.4, 0.5) is 0 Å². The molecule has 2 atom stereocenters. The molecule has 0 rings (SSSR count). The number of hydrogen-bond acceptors (Lipinski definition) is 7. The van der Waals surface area contributed by atoms with Crippen LogP contribution in [-0.4, -0.2) is 87.4 Å². The van der Waals surface area contributed by atoms with Gasteiger partial charge in [0.05, 0.1) is 34.4 Å². The van der Waals surface area contributed by atoms with Crippen molar-refractivity contribution >= 4 is 17.9 Å². The molecule has 0 aliphatic heterocycles. The van der Waals surface area contributed by atoms with Gasteiger partial charge in [0, 0.05) is 12.8 Å². The van der Waals surface area contributed by atoms with E-state index in [9.17, 15) is 19.5 Å². The maximum absolute atomic E-state index is 12.9. The van der Waals surface area contributed by atoms with Crippen LogP contribution in [0.3, 0.4) is 0 Å². The average Bonchev–Trinajstić information content (AvgIpc) is 3.46. The van der Waals surface area contributed by atoms with E-state index >= 15 is 0 Å². The molecule has 0 saturated heterocycles. The van der Waals surface area contributed by atoms with E-state index in [1.54, 1.807) is 0 Å². The Bertz CT molecular complexity index is 1500. The van der Waals surface area contributed by atoms with E-state index in [0.29, 0.717) is 17.4 Å². The normalized spacial score (nSPS) is 12.9. The first-order valence-corrected chi connectivity index (χ1v) is 35.8. The number of aliphatic carboxylic acids is 1. The zero-order chi connectivity index (χ0) is 60.5. The minimum absolute atomic E-state index is 0.177. The van der Waals surface area contributed by atoms with E-state index in [1.807, 2.05) is 21.1 Å². The molecule has 0 saturated carbocycles. The van der Waals surface area contributed by atoms with Crippen LogP contribution in [0.25, 0.3) is 0 Å². The Morgan fingerprint density at radius 2 is 0.687 bits per heavy atom. The Hall–Kier alpha value is -2.75. The largest absolute Gasteiger partial charge is 0.477 e.